The maximum Gasteiger partial charge on any atom is 0.277 e. The van der Waals surface area contributed by atoms with E-state index >= 15 is 0 Å². The van der Waals surface area contributed by atoms with Crippen LogP contribution < -0.4 is 0 Å². The highest BCUT2D eigenvalue weighted by Crippen LogP contribution is 2.23. The van der Waals surface area contributed by atoms with Crippen LogP contribution in [0.4, 0.5) is 0 Å². The number of benzene rings is 1. The highest BCUT2D eigenvalue weighted by molar-refractivity contribution is 7.99. The van der Waals surface area contributed by atoms with Crippen molar-refractivity contribution in [2.75, 3.05) is 31.9 Å². The molecule has 8 heteroatoms. The number of thioether (sulfide) groups is 1. The molecule has 2 aromatic heterocycles. The van der Waals surface area contributed by atoms with Crippen LogP contribution >= 0.6 is 11.8 Å². The molecule has 1 fully saturated rings. The van der Waals surface area contributed by atoms with Gasteiger partial charge in [-0.15, -0.1) is 10.2 Å². The van der Waals surface area contributed by atoms with Gasteiger partial charge in [0, 0.05) is 50.7 Å². The van der Waals surface area contributed by atoms with Gasteiger partial charge in [0.25, 0.3) is 5.22 Å². The van der Waals surface area contributed by atoms with Crippen molar-refractivity contribution in [3.63, 3.8) is 0 Å². The van der Waals surface area contributed by atoms with E-state index in [4.69, 9.17) is 4.42 Å². The predicted octanol–water partition coefficient (Wildman–Crippen LogP) is 3.27. The van der Waals surface area contributed by atoms with E-state index in [0.717, 1.165) is 44.7 Å². The van der Waals surface area contributed by atoms with Gasteiger partial charge in [-0.3, -0.25) is 14.7 Å². The molecule has 0 spiro atoms. The molecule has 3 aromatic rings. The van der Waals surface area contributed by atoms with Crippen LogP contribution in [0, 0.1) is 6.92 Å². The summed E-state index contributed by atoms with van der Waals surface area (Å²) in [5.74, 6) is 0.852. The lowest BCUT2D eigenvalue weighted by Crippen LogP contribution is -2.36. The van der Waals surface area contributed by atoms with Gasteiger partial charge in [-0.2, -0.15) is 0 Å². The zero-order chi connectivity index (χ0) is 20.8. The third-order valence-corrected chi connectivity index (χ3v) is 5.92. The number of rotatable bonds is 6. The smallest absolute Gasteiger partial charge is 0.277 e. The molecule has 0 unspecified atom stereocenters. The van der Waals surface area contributed by atoms with Crippen LogP contribution in [-0.2, 0) is 11.3 Å². The van der Waals surface area contributed by atoms with E-state index in [1.807, 2.05) is 17.0 Å². The van der Waals surface area contributed by atoms with Crippen molar-refractivity contribution < 1.29 is 9.21 Å². The molecule has 156 valence electrons. The summed E-state index contributed by atoms with van der Waals surface area (Å²) in [4.78, 5) is 21.0. The first-order valence-electron chi connectivity index (χ1n) is 10.1. The van der Waals surface area contributed by atoms with Crippen molar-refractivity contribution in [1.29, 1.82) is 0 Å². The fourth-order valence-electron chi connectivity index (χ4n) is 3.42. The summed E-state index contributed by atoms with van der Waals surface area (Å²) < 4.78 is 5.66. The Morgan fingerprint density at radius 1 is 1.03 bits per heavy atom. The molecule has 1 aliphatic rings. The Labute approximate surface area is 180 Å². The minimum absolute atomic E-state index is 0.112. The highest BCUT2D eigenvalue weighted by Gasteiger charge is 2.20. The molecule has 0 saturated carbocycles. The third-order valence-electron chi connectivity index (χ3n) is 5.12. The van der Waals surface area contributed by atoms with E-state index in [2.05, 4.69) is 51.3 Å². The zero-order valence-corrected chi connectivity index (χ0v) is 17.8. The molecule has 0 aliphatic carbocycles. The third kappa shape index (κ3) is 5.46. The van der Waals surface area contributed by atoms with E-state index in [-0.39, 0.29) is 5.91 Å². The minimum atomic E-state index is 0.112. The van der Waals surface area contributed by atoms with Crippen LogP contribution in [0.2, 0.25) is 0 Å². The Morgan fingerprint density at radius 2 is 1.83 bits per heavy atom. The van der Waals surface area contributed by atoms with E-state index < -0.39 is 0 Å². The van der Waals surface area contributed by atoms with E-state index in [0.29, 0.717) is 16.9 Å². The molecule has 1 amide bonds. The van der Waals surface area contributed by atoms with Crippen molar-refractivity contribution in [2.45, 2.75) is 25.1 Å². The Morgan fingerprint density at radius 3 is 2.63 bits per heavy atom. The Balaban J connectivity index is 1.26. The molecule has 0 radical (unpaired) electrons. The first-order valence-corrected chi connectivity index (χ1v) is 11.1. The maximum atomic E-state index is 12.7. The first kappa shape index (κ1) is 20.6. The summed E-state index contributed by atoms with van der Waals surface area (Å²) in [6, 6.07) is 12.3. The molecular weight excluding hydrogens is 398 g/mol. The Bertz CT molecular complexity index is 961. The Hall–Kier alpha value is -2.71. The first-order chi connectivity index (χ1) is 14.7. The van der Waals surface area contributed by atoms with Gasteiger partial charge < -0.3 is 9.32 Å². The minimum Gasteiger partial charge on any atom is -0.411 e. The number of aromatic nitrogens is 3. The molecular formula is C22H25N5O2S. The fourth-order valence-corrected chi connectivity index (χ4v) is 4.09. The van der Waals surface area contributed by atoms with E-state index in [1.165, 1.54) is 22.9 Å². The number of pyridine rings is 1. The average molecular weight is 424 g/mol. The van der Waals surface area contributed by atoms with Crippen molar-refractivity contribution in [2.24, 2.45) is 0 Å². The number of amides is 1. The quantitative estimate of drug-likeness (QED) is 0.563. The molecule has 7 nitrogen and oxygen atoms in total. The highest BCUT2D eigenvalue weighted by atomic mass is 32.2. The molecule has 1 saturated heterocycles. The summed E-state index contributed by atoms with van der Waals surface area (Å²) in [6.07, 6.45) is 4.34. The van der Waals surface area contributed by atoms with Crippen molar-refractivity contribution in [1.82, 2.24) is 25.0 Å². The van der Waals surface area contributed by atoms with Crippen molar-refractivity contribution in [3.05, 3.63) is 59.9 Å². The van der Waals surface area contributed by atoms with Crippen LogP contribution in [0.25, 0.3) is 11.5 Å². The molecule has 30 heavy (non-hydrogen) atoms. The molecule has 0 bridgehead atoms. The number of carbonyl (C=O) groups excluding carboxylic acids is 1. The lowest BCUT2D eigenvalue weighted by molar-refractivity contribution is -0.128. The van der Waals surface area contributed by atoms with Gasteiger partial charge in [0.1, 0.15) is 0 Å². The monoisotopic (exact) mass is 423 g/mol. The zero-order valence-electron chi connectivity index (χ0n) is 17.0. The lowest BCUT2D eigenvalue weighted by Gasteiger charge is -2.22. The second-order valence-electron chi connectivity index (χ2n) is 7.39. The summed E-state index contributed by atoms with van der Waals surface area (Å²) in [5, 5.41) is 8.50. The van der Waals surface area contributed by atoms with Crippen LogP contribution in [0.1, 0.15) is 17.5 Å². The second kappa shape index (κ2) is 9.86. The predicted molar refractivity (Wildman–Crippen MR) is 116 cm³/mol. The molecule has 0 N–H and O–H groups in total. The topological polar surface area (TPSA) is 75.4 Å². The van der Waals surface area contributed by atoms with Gasteiger partial charge in [-0.05, 0) is 31.0 Å². The molecule has 4 rings (SSSR count). The van der Waals surface area contributed by atoms with Gasteiger partial charge in [0.2, 0.25) is 11.8 Å². The van der Waals surface area contributed by atoms with Gasteiger partial charge in [-0.25, -0.2) is 0 Å². The molecule has 1 aromatic carbocycles. The van der Waals surface area contributed by atoms with Gasteiger partial charge >= 0.3 is 0 Å². The summed E-state index contributed by atoms with van der Waals surface area (Å²) in [5.41, 5.74) is 3.41. The number of carbonyl (C=O) groups is 1. The largest absolute Gasteiger partial charge is 0.411 e. The van der Waals surface area contributed by atoms with E-state index in [1.54, 1.807) is 12.4 Å². The summed E-state index contributed by atoms with van der Waals surface area (Å²) in [6.45, 7) is 6.45. The van der Waals surface area contributed by atoms with Crippen LogP contribution in [0.5, 0.6) is 0 Å². The Kier molecular flexibility index (Phi) is 6.76. The number of aryl methyl sites for hydroxylation is 1. The van der Waals surface area contributed by atoms with Gasteiger partial charge in [0.15, 0.2) is 0 Å². The van der Waals surface area contributed by atoms with Gasteiger partial charge in [-0.1, -0.05) is 41.6 Å². The number of hydrogen-bond donors (Lipinski definition) is 0. The second-order valence-corrected chi connectivity index (χ2v) is 8.32. The van der Waals surface area contributed by atoms with E-state index in [9.17, 15) is 4.79 Å². The molecule has 1 aliphatic heterocycles. The van der Waals surface area contributed by atoms with Crippen LogP contribution in [0.3, 0.4) is 0 Å². The number of hydrogen-bond acceptors (Lipinski definition) is 7. The molecule has 3 heterocycles. The number of nitrogens with zero attached hydrogens (tertiary/aromatic N) is 5. The normalized spacial score (nSPS) is 15.2. The fraction of sp³-hybridized carbons (Fsp3) is 0.364. The SMILES string of the molecule is Cc1ccc(CN2CCCN(C(=O)CSc3nnc(-c4ccncc4)o3)CC2)cc1. The maximum absolute atomic E-state index is 12.7. The summed E-state index contributed by atoms with van der Waals surface area (Å²) in [7, 11) is 0. The van der Waals surface area contributed by atoms with Gasteiger partial charge in [0.05, 0.1) is 5.75 Å². The van der Waals surface area contributed by atoms with Crippen molar-refractivity contribution in [3.8, 4) is 11.5 Å². The van der Waals surface area contributed by atoms with Crippen LogP contribution in [-0.4, -0.2) is 62.8 Å². The standard InChI is InChI=1S/C22H25N5O2S/c1-17-3-5-18(6-4-17)15-26-11-2-12-27(14-13-26)20(28)16-30-22-25-24-21(29-22)19-7-9-23-10-8-19/h3-10H,2,11-16H2,1H3. The van der Waals surface area contributed by atoms with Crippen LogP contribution in [0.15, 0.2) is 58.4 Å². The summed E-state index contributed by atoms with van der Waals surface area (Å²) >= 11 is 1.29. The van der Waals surface area contributed by atoms with Crippen molar-refractivity contribution >= 4 is 17.7 Å². The molecule has 0 atom stereocenters. The average Bonchev–Trinajstić information content (AvgIpc) is 3.13. The lowest BCUT2D eigenvalue weighted by atomic mass is 10.1.